The first-order valence-electron chi connectivity index (χ1n) is 12.5. The van der Waals surface area contributed by atoms with Gasteiger partial charge in [-0.15, -0.1) is 0 Å². The minimum absolute atomic E-state index is 0.380. The molecular formula is C25H37BrN2O2S. The summed E-state index contributed by atoms with van der Waals surface area (Å²) in [5, 5.41) is 0. The Bertz CT molecular complexity index is 859. The highest BCUT2D eigenvalue weighted by Crippen LogP contribution is 2.54. The SMILES string of the molecule is O=S(=O)(c1cccc(Br)c1)N1CC2CN(CC3CCCCC3)CC(C1)C21CCCCC1. The van der Waals surface area contributed by atoms with Gasteiger partial charge in [0.05, 0.1) is 4.90 Å². The first-order chi connectivity index (χ1) is 15.0. The summed E-state index contributed by atoms with van der Waals surface area (Å²) in [6.45, 7) is 4.83. The zero-order chi connectivity index (χ0) is 21.5. The molecule has 2 bridgehead atoms. The molecule has 6 heteroatoms. The van der Waals surface area contributed by atoms with Crippen molar-refractivity contribution in [2.24, 2.45) is 23.2 Å². The number of hydrogen-bond acceptors (Lipinski definition) is 3. The van der Waals surface area contributed by atoms with E-state index in [1.165, 1.54) is 70.8 Å². The molecule has 1 aromatic rings. The van der Waals surface area contributed by atoms with Gasteiger partial charge in [0.15, 0.2) is 0 Å². The van der Waals surface area contributed by atoms with Crippen LogP contribution in [0.2, 0.25) is 0 Å². The van der Waals surface area contributed by atoms with Crippen LogP contribution in [0.5, 0.6) is 0 Å². The van der Waals surface area contributed by atoms with Crippen LogP contribution >= 0.6 is 15.9 Å². The minimum atomic E-state index is -3.44. The molecule has 0 radical (unpaired) electrons. The van der Waals surface area contributed by atoms with Crippen molar-refractivity contribution in [2.45, 2.75) is 69.1 Å². The molecule has 0 N–H and O–H groups in total. The Kier molecular flexibility index (Phi) is 6.55. The molecular weight excluding hydrogens is 472 g/mol. The lowest BCUT2D eigenvalue weighted by atomic mass is 9.55. The van der Waals surface area contributed by atoms with E-state index in [0.717, 1.165) is 23.5 Å². The van der Waals surface area contributed by atoms with Crippen LogP contribution in [0, 0.1) is 23.2 Å². The molecule has 172 valence electrons. The highest BCUT2D eigenvalue weighted by Gasteiger charge is 2.55. The lowest BCUT2D eigenvalue weighted by Crippen LogP contribution is -2.64. The van der Waals surface area contributed by atoms with E-state index in [1.807, 2.05) is 16.4 Å². The van der Waals surface area contributed by atoms with Crippen LogP contribution in [-0.2, 0) is 10.0 Å². The standard InChI is InChI=1S/C25H37BrN2O2S/c26-23-10-7-11-24(14-23)31(29,30)28-18-21-16-27(15-20-8-3-1-4-9-20)17-22(19-28)25(21)12-5-2-6-13-25/h7,10-11,14,20-22H,1-6,8-9,12-13,15-19H2. The summed E-state index contributed by atoms with van der Waals surface area (Å²) in [7, 11) is -3.44. The Balaban J connectivity index is 1.38. The molecule has 2 heterocycles. The van der Waals surface area contributed by atoms with Gasteiger partial charge in [-0.05, 0) is 67.1 Å². The van der Waals surface area contributed by atoms with Crippen LogP contribution in [0.25, 0.3) is 0 Å². The van der Waals surface area contributed by atoms with Crippen LogP contribution in [0.1, 0.15) is 64.2 Å². The molecule has 2 atom stereocenters. The van der Waals surface area contributed by atoms with Crippen molar-refractivity contribution < 1.29 is 8.42 Å². The van der Waals surface area contributed by atoms with Crippen LogP contribution in [-0.4, -0.2) is 50.3 Å². The van der Waals surface area contributed by atoms with Crippen molar-refractivity contribution in [3.05, 3.63) is 28.7 Å². The maximum atomic E-state index is 13.5. The van der Waals surface area contributed by atoms with E-state index in [9.17, 15) is 8.42 Å². The van der Waals surface area contributed by atoms with Crippen molar-refractivity contribution in [2.75, 3.05) is 32.7 Å². The molecule has 4 fully saturated rings. The molecule has 2 saturated carbocycles. The largest absolute Gasteiger partial charge is 0.302 e. The third-order valence-corrected chi connectivity index (χ3v) is 11.2. The minimum Gasteiger partial charge on any atom is -0.302 e. The highest BCUT2D eigenvalue weighted by molar-refractivity contribution is 9.10. The normalized spacial score (nSPS) is 30.5. The van der Waals surface area contributed by atoms with Gasteiger partial charge in [-0.25, -0.2) is 8.42 Å². The van der Waals surface area contributed by atoms with Gasteiger partial charge in [-0.1, -0.05) is 60.5 Å². The molecule has 1 spiro atoms. The Morgan fingerprint density at radius 2 is 1.55 bits per heavy atom. The van der Waals surface area contributed by atoms with Gasteiger partial charge in [0.1, 0.15) is 0 Å². The van der Waals surface area contributed by atoms with Gasteiger partial charge in [0.2, 0.25) is 10.0 Å². The predicted octanol–water partition coefficient (Wildman–Crippen LogP) is 5.53. The molecule has 31 heavy (non-hydrogen) atoms. The Morgan fingerprint density at radius 3 is 2.19 bits per heavy atom. The summed E-state index contributed by atoms with van der Waals surface area (Å²) >= 11 is 3.45. The number of sulfonamides is 1. The van der Waals surface area contributed by atoms with Gasteiger partial charge in [0.25, 0.3) is 0 Å². The molecule has 2 unspecified atom stereocenters. The number of piperidine rings is 2. The van der Waals surface area contributed by atoms with Crippen molar-refractivity contribution in [1.29, 1.82) is 0 Å². The monoisotopic (exact) mass is 508 g/mol. The Hall–Kier alpha value is -0.430. The van der Waals surface area contributed by atoms with Crippen molar-refractivity contribution in [1.82, 2.24) is 9.21 Å². The molecule has 4 nitrogen and oxygen atoms in total. The average molecular weight is 510 g/mol. The smallest absolute Gasteiger partial charge is 0.243 e. The number of benzene rings is 1. The first kappa shape index (κ1) is 22.4. The summed E-state index contributed by atoms with van der Waals surface area (Å²) < 4.78 is 29.7. The predicted molar refractivity (Wildman–Crippen MR) is 128 cm³/mol. The fraction of sp³-hybridized carbons (Fsp3) is 0.760. The van der Waals surface area contributed by atoms with Gasteiger partial charge in [-0.2, -0.15) is 4.31 Å². The van der Waals surface area contributed by atoms with Crippen LogP contribution in [0.3, 0.4) is 0 Å². The molecule has 1 aromatic carbocycles. The van der Waals surface area contributed by atoms with E-state index >= 15 is 0 Å². The van der Waals surface area contributed by atoms with Crippen LogP contribution in [0.15, 0.2) is 33.6 Å². The van der Waals surface area contributed by atoms with E-state index in [-0.39, 0.29) is 0 Å². The number of likely N-dealkylation sites (tertiary alicyclic amines) is 1. The lowest BCUT2D eigenvalue weighted by Gasteiger charge is -2.60. The number of halogens is 1. The maximum absolute atomic E-state index is 13.5. The van der Waals surface area contributed by atoms with Gasteiger partial charge in [0, 0.05) is 37.2 Å². The third-order valence-electron chi connectivity index (χ3n) is 8.89. The van der Waals surface area contributed by atoms with Crippen molar-refractivity contribution in [3.63, 3.8) is 0 Å². The van der Waals surface area contributed by atoms with Crippen LogP contribution < -0.4 is 0 Å². The molecule has 0 aromatic heterocycles. The summed E-state index contributed by atoms with van der Waals surface area (Å²) in [5.74, 6) is 1.81. The second-order valence-corrected chi connectivity index (χ2v) is 13.5. The quantitative estimate of drug-likeness (QED) is 0.536. The first-order valence-corrected chi connectivity index (χ1v) is 14.7. The summed E-state index contributed by atoms with van der Waals surface area (Å²) in [6, 6.07) is 7.22. The number of hydrogen-bond donors (Lipinski definition) is 0. The van der Waals surface area contributed by atoms with E-state index in [0.29, 0.717) is 35.2 Å². The molecule has 0 amide bonds. The molecule has 2 saturated heterocycles. The van der Waals surface area contributed by atoms with E-state index in [4.69, 9.17) is 0 Å². The third kappa shape index (κ3) is 4.39. The summed E-state index contributed by atoms with van der Waals surface area (Å²) in [6.07, 6.45) is 13.6. The average Bonchev–Trinajstić information content (AvgIpc) is 2.76. The van der Waals surface area contributed by atoms with Gasteiger partial charge < -0.3 is 4.90 Å². The Morgan fingerprint density at radius 1 is 0.903 bits per heavy atom. The maximum Gasteiger partial charge on any atom is 0.243 e. The van der Waals surface area contributed by atoms with Gasteiger partial charge >= 0.3 is 0 Å². The molecule has 2 aliphatic heterocycles. The van der Waals surface area contributed by atoms with E-state index < -0.39 is 10.0 Å². The fourth-order valence-corrected chi connectivity index (χ4v) is 9.45. The molecule has 5 rings (SSSR count). The van der Waals surface area contributed by atoms with Gasteiger partial charge in [-0.3, -0.25) is 0 Å². The lowest BCUT2D eigenvalue weighted by molar-refractivity contribution is -0.0963. The zero-order valence-corrected chi connectivity index (χ0v) is 21.0. The second-order valence-electron chi connectivity index (χ2n) is 10.7. The van der Waals surface area contributed by atoms with Crippen molar-refractivity contribution >= 4 is 26.0 Å². The summed E-state index contributed by atoms with van der Waals surface area (Å²) in [4.78, 5) is 3.16. The summed E-state index contributed by atoms with van der Waals surface area (Å²) in [5.41, 5.74) is 0.380. The van der Waals surface area contributed by atoms with Crippen molar-refractivity contribution in [3.8, 4) is 0 Å². The zero-order valence-electron chi connectivity index (χ0n) is 18.6. The number of nitrogens with zero attached hydrogens (tertiary/aromatic N) is 2. The molecule has 2 aliphatic carbocycles. The Labute approximate surface area is 196 Å². The second kappa shape index (κ2) is 9.08. The number of rotatable bonds is 4. The fourth-order valence-electron chi connectivity index (χ4n) is 7.32. The van der Waals surface area contributed by atoms with Crippen LogP contribution in [0.4, 0.5) is 0 Å². The van der Waals surface area contributed by atoms with E-state index in [1.54, 1.807) is 12.1 Å². The topological polar surface area (TPSA) is 40.6 Å². The molecule has 4 aliphatic rings. The highest BCUT2D eigenvalue weighted by atomic mass is 79.9. The van der Waals surface area contributed by atoms with E-state index in [2.05, 4.69) is 20.8 Å².